The van der Waals surface area contributed by atoms with Gasteiger partial charge in [0.1, 0.15) is 12.4 Å². The number of carbonyl (C=O) groups is 1. The topological polar surface area (TPSA) is 35.5 Å². The monoisotopic (exact) mass is 232 g/mol. The Hall–Kier alpha value is -2.03. The maximum absolute atomic E-state index is 11.1. The number of benzene rings is 1. The number of methoxy groups -OCH3 is 1. The van der Waals surface area contributed by atoms with Crippen LogP contribution in [0.4, 0.5) is 0 Å². The minimum absolute atomic E-state index is 0.248. The van der Waals surface area contributed by atoms with E-state index in [0.717, 1.165) is 11.3 Å². The molecular formula is C14H16O3. The lowest BCUT2D eigenvalue weighted by molar-refractivity contribution is -0.137. The number of esters is 1. The molecule has 0 aliphatic rings. The van der Waals surface area contributed by atoms with E-state index in [2.05, 4.69) is 6.58 Å². The minimum atomic E-state index is -0.371. The predicted octanol–water partition coefficient (Wildman–Crippen LogP) is 2.83. The van der Waals surface area contributed by atoms with Gasteiger partial charge in [0.25, 0.3) is 0 Å². The molecule has 90 valence electrons. The molecule has 0 saturated heterocycles. The second kappa shape index (κ2) is 6.53. The summed E-state index contributed by atoms with van der Waals surface area (Å²) >= 11 is 0. The van der Waals surface area contributed by atoms with Crippen LogP contribution in [0.15, 0.2) is 42.5 Å². The Kier molecular flexibility index (Phi) is 5.01. The van der Waals surface area contributed by atoms with Gasteiger partial charge in [0.15, 0.2) is 0 Å². The summed E-state index contributed by atoms with van der Waals surface area (Å²) in [6, 6.07) is 7.60. The summed E-state index contributed by atoms with van der Waals surface area (Å²) in [5.41, 5.74) is 1.43. The Morgan fingerprint density at radius 2 is 2.00 bits per heavy atom. The quantitative estimate of drug-likeness (QED) is 0.578. The lowest BCUT2D eigenvalue weighted by Crippen LogP contribution is -2.04. The van der Waals surface area contributed by atoms with E-state index in [4.69, 9.17) is 9.47 Å². The molecule has 0 saturated carbocycles. The van der Waals surface area contributed by atoms with E-state index in [-0.39, 0.29) is 12.6 Å². The van der Waals surface area contributed by atoms with Gasteiger partial charge < -0.3 is 9.47 Å². The van der Waals surface area contributed by atoms with Crippen LogP contribution < -0.4 is 4.74 Å². The Bertz CT molecular complexity index is 416. The van der Waals surface area contributed by atoms with Gasteiger partial charge in [0.2, 0.25) is 0 Å². The highest BCUT2D eigenvalue weighted by atomic mass is 16.5. The normalized spacial score (nSPS) is 10.2. The first-order valence-corrected chi connectivity index (χ1v) is 5.26. The molecule has 0 heterocycles. The van der Waals surface area contributed by atoms with E-state index in [1.807, 2.05) is 30.3 Å². The minimum Gasteiger partial charge on any atom is -0.497 e. The zero-order valence-electron chi connectivity index (χ0n) is 10.1. The smallest absolute Gasteiger partial charge is 0.333 e. The Morgan fingerprint density at radius 1 is 1.35 bits per heavy atom. The van der Waals surface area contributed by atoms with Crippen LogP contribution in [0.2, 0.25) is 0 Å². The molecule has 1 aromatic rings. The van der Waals surface area contributed by atoms with Crippen molar-refractivity contribution in [1.82, 2.24) is 0 Å². The molecule has 0 bridgehead atoms. The Morgan fingerprint density at radius 3 is 2.53 bits per heavy atom. The highest BCUT2D eigenvalue weighted by Gasteiger charge is 1.99. The predicted molar refractivity (Wildman–Crippen MR) is 67.8 cm³/mol. The molecule has 0 aliphatic heterocycles. The third-order valence-corrected chi connectivity index (χ3v) is 2.09. The van der Waals surface area contributed by atoms with Crippen molar-refractivity contribution in [3.05, 3.63) is 48.1 Å². The van der Waals surface area contributed by atoms with Crippen LogP contribution in [-0.4, -0.2) is 19.7 Å². The van der Waals surface area contributed by atoms with Gasteiger partial charge in [-0.2, -0.15) is 0 Å². The molecule has 0 N–H and O–H groups in total. The summed E-state index contributed by atoms with van der Waals surface area (Å²) in [6.07, 6.45) is 3.66. The molecule has 0 fully saturated rings. The molecule has 1 rings (SSSR count). The van der Waals surface area contributed by atoms with Crippen molar-refractivity contribution in [3.63, 3.8) is 0 Å². The van der Waals surface area contributed by atoms with Crippen LogP contribution in [0.5, 0.6) is 5.75 Å². The van der Waals surface area contributed by atoms with Crippen molar-refractivity contribution in [2.24, 2.45) is 0 Å². The molecule has 0 aliphatic carbocycles. The second-order valence-corrected chi connectivity index (χ2v) is 3.55. The summed E-state index contributed by atoms with van der Waals surface area (Å²) in [4.78, 5) is 11.1. The maximum atomic E-state index is 11.1. The summed E-state index contributed by atoms with van der Waals surface area (Å²) in [6.45, 7) is 5.37. The molecule has 0 atom stereocenters. The third-order valence-electron chi connectivity index (χ3n) is 2.09. The third kappa shape index (κ3) is 4.55. The number of hydrogen-bond donors (Lipinski definition) is 0. The van der Waals surface area contributed by atoms with Gasteiger partial charge in [-0.25, -0.2) is 4.79 Å². The van der Waals surface area contributed by atoms with E-state index >= 15 is 0 Å². The molecule has 17 heavy (non-hydrogen) atoms. The summed E-state index contributed by atoms with van der Waals surface area (Å²) in [5.74, 6) is 0.445. The average Bonchev–Trinajstić information content (AvgIpc) is 2.35. The van der Waals surface area contributed by atoms with Crippen LogP contribution in [0.3, 0.4) is 0 Å². The number of hydrogen-bond acceptors (Lipinski definition) is 3. The van der Waals surface area contributed by atoms with Gasteiger partial charge in [-0.1, -0.05) is 24.8 Å². The standard InChI is InChI=1S/C14H16O3/c1-11(2)14(15)17-10-4-5-12-6-8-13(16-3)9-7-12/h4-9H,1,10H2,2-3H3. The molecule has 3 heteroatoms. The fraction of sp³-hybridized carbons (Fsp3) is 0.214. The van der Waals surface area contributed by atoms with Crippen LogP contribution in [0.1, 0.15) is 12.5 Å². The second-order valence-electron chi connectivity index (χ2n) is 3.55. The summed E-state index contributed by atoms with van der Waals surface area (Å²) in [7, 11) is 1.63. The molecular weight excluding hydrogens is 216 g/mol. The van der Waals surface area contributed by atoms with Gasteiger partial charge in [-0.15, -0.1) is 0 Å². The molecule has 0 spiro atoms. The van der Waals surface area contributed by atoms with E-state index in [1.165, 1.54) is 0 Å². The van der Waals surface area contributed by atoms with E-state index < -0.39 is 0 Å². The van der Waals surface area contributed by atoms with E-state index in [0.29, 0.717) is 5.57 Å². The fourth-order valence-corrected chi connectivity index (χ4v) is 1.15. The first kappa shape index (κ1) is 13.0. The van der Waals surface area contributed by atoms with Crippen molar-refractivity contribution in [2.75, 3.05) is 13.7 Å². The number of ether oxygens (including phenoxy) is 2. The summed E-state index contributed by atoms with van der Waals surface area (Å²) in [5, 5.41) is 0. The lowest BCUT2D eigenvalue weighted by atomic mass is 10.2. The first-order chi connectivity index (χ1) is 8.13. The molecule has 0 radical (unpaired) electrons. The van der Waals surface area contributed by atoms with E-state index in [1.54, 1.807) is 20.1 Å². The number of rotatable bonds is 5. The van der Waals surface area contributed by atoms with Crippen LogP contribution >= 0.6 is 0 Å². The van der Waals surface area contributed by atoms with Crippen molar-refractivity contribution in [1.29, 1.82) is 0 Å². The van der Waals surface area contributed by atoms with Gasteiger partial charge in [-0.05, 0) is 30.7 Å². The van der Waals surface area contributed by atoms with Crippen molar-refractivity contribution in [2.45, 2.75) is 6.92 Å². The largest absolute Gasteiger partial charge is 0.497 e. The van der Waals surface area contributed by atoms with Gasteiger partial charge in [-0.3, -0.25) is 0 Å². The first-order valence-electron chi connectivity index (χ1n) is 5.26. The van der Waals surface area contributed by atoms with Crippen LogP contribution in [0.25, 0.3) is 6.08 Å². The highest BCUT2D eigenvalue weighted by molar-refractivity contribution is 5.87. The van der Waals surface area contributed by atoms with Gasteiger partial charge in [0.05, 0.1) is 7.11 Å². The van der Waals surface area contributed by atoms with Crippen molar-refractivity contribution < 1.29 is 14.3 Å². The lowest BCUT2D eigenvalue weighted by Gasteiger charge is -2.00. The summed E-state index contributed by atoms with van der Waals surface area (Å²) < 4.78 is 9.97. The fourth-order valence-electron chi connectivity index (χ4n) is 1.15. The zero-order chi connectivity index (χ0) is 12.7. The zero-order valence-corrected chi connectivity index (χ0v) is 10.1. The molecule has 3 nitrogen and oxygen atoms in total. The number of carbonyl (C=O) groups excluding carboxylic acids is 1. The Labute approximate surface area is 101 Å². The Balaban J connectivity index is 2.42. The van der Waals surface area contributed by atoms with Crippen LogP contribution in [-0.2, 0) is 9.53 Å². The molecule has 0 aromatic heterocycles. The van der Waals surface area contributed by atoms with Gasteiger partial charge in [0, 0.05) is 5.57 Å². The van der Waals surface area contributed by atoms with E-state index in [9.17, 15) is 4.79 Å². The molecule has 0 unspecified atom stereocenters. The maximum Gasteiger partial charge on any atom is 0.333 e. The molecule has 1 aromatic carbocycles. The average molecular weight is 232 g/mol. The van der Waals surface area contributed by atoms with Gasteiger partial charge >= 0.3 is 5.97 Å². The SMILES string of the molecule is C=C(C)C(=O)OCC=Cc1ccc(OC)cc1. The molecule has 0 amide bonds. The van der Waals surface area contributed by atoms with Crippen molar-refractivity contribution >= 4 is 12.0 Å². The van der Waals surface area contributed by atoms with Crippen LogP contribution in [0, 0.1) is 0 Å². The highest BCUT2D eigenvalue weighted by Crippen LogP contribution is 2.12. The van der Waals surface area contributed by atoms with Crippen molar-refractivity contribution in [3.8, 4) is 5.75 Å².